The number of benzene rings is 1. The van der Waals surface area contributed by atoms with Crippen LogP contribution >= 0.6 is 0 Å². The van der Waals surface area contributed by atoms with Crippen molar-refractivity contribution >= 4 is 37.6 Å². The van der Waals surface area contributed by atoms with Crippen LogP contribution in [0.2, 0.25) is 0 Å². The number of nitrogens with zero attached hydrogens (tertiary/aromatic N) is 2. The molecule has 1 aromatic carbocycles. The van der Waals surface area contributed by atoms with Gasteiger partial charge in [-0.2, -0.15) is 0 Å². The maximum absolute atomic E-state index is 12.4. The molecule has 7 nitrogen and oxygen atoms in total. The normalized spacial score (nSPS) is 13.1. The highest BCUT2D eigenvalue weighted by molar-refractivity contribution is 7.91. The molecule has 156 valence electrons. The summed E-state index contributed by atoms with van der Waals surface area (Å²) in [6.07, 6.45) is 3.00. The molecule has 3 heterocycles. The number of nitrogens with one attached hydrogen (secondary N) is 2. The largest absolute Gasteiger partial charge is 0.392 e. The van der Waals surface area contributed by atoms with Crippen molar-refractivity contribution in [2.75, 3.05) is 17.6 Å². The molecule has 1 atom stereocenters. The number of pyridine rings is 2. The maximum Gasteiger partial charge on any atom is 0.178 e. The number of aliphatic hydroxyl groups excluding tert-OH is 1. The molecular weight excluding hydrogens is 400 g/mol. The van der Waals surface area contributed by atoms with E-state index in [9.17, 15) is 13.5 Å². The number of anilines is 1. The second-order valence-electron chi connectivity index (χ2n) is 7.47. The summed E-state index contributed by atoms with van der Waals surface area (Å²) in [5, 5.41) is 14.7. The van der Waals surface area contributed by atoms with E-state index in [4.69, 9.17) is 0 Å². The molecular formula is C22H24N4O3S. The molecule has 0 saturated heterocycles. The standard InChI is InChI=1S/C22H24N4O3S/c1-4-30(28,29)16-7-5-6-15(9-16)18-12-25-22(24-11-14(3)27)20-19(18)17-8-13(2)10-23-21(17)26-20/h5-10,12,14,27H,4,11H2,1-3H3,(H,23,26)(H,24,25)/t14-/m1/s1. The Hall–Kier alpha value is -2.97. The fourth-order valence-corrected chi connectivity index (χ4v) is 4.44. The molecule has 0 bridgehead atoms. The van der Waals surface area contributed by atoms with Gasteiger partial charge in [0.05, 0.1) is 22.3 Å². The van der Waals surface area contributed by atoms with Gasteiger partial charge in [-0.1, -0.05) is 19.1 Å². The summed E-state index contributed by atoms with van der Waals surface area (Å²) in [6.45, 7) is 5.67. The van der Waals surface area contributed by atoms with Crippen LogP contribution in [0.1, 0.15) is 19.4 Å². The van der Waals surface area contributed by atoms with Gasteiger partial charge in [0.15, 0.2) is 15.7 Å². The van der Waals surface area contributed by atoms with E-state index in [0.717, 1.165) is 38.6 Å². The number of fused-ring (bicyclic) bond motifs is 3. The molecule has 8 heteroatoms. The second kappa shape index (κ2) is 7.70. The zero-order valence-corrected chi connectivity index (χ0v) is 17.9. The van der Waals surface area contributed by atoms with Crippen molar-refractivity contribution in [2.45, 2.75) is 31.8 Å². The van der Waals surface area contributed by atoms with Crippen LogP contribution in [0.25, 0.3) is 33.1 Å². The lowest BCUT2D eigenvalue weighted by atomic mass is 10.0. The Labute approximate surface area is 175 Å². The fraction of sp³-hybridized carbons (Fsp3) is 0.273. The fourth-order valence-electron chi connectivity index (χ4n) is 3.51. The molecule has 30 heavy (non-hydrogen) atoms. The van der Waals surface area contributed by atoms with Crippen molar-refractivity contribution in [2.24, 2.45) is 0 Å². The number of aromatic nitrogens is 3. The second-order valence-corrected chi connectivity index (χ2v) is 9.74. The Morgan fingerprint density at radius 2 is 2.00 bits per heavy atom. The molecule has 0 amide bonds. The lowest BCUT2D eigenvalue weighted by molar-refractivity contribution is 0.208. The number of aliphatic hydroxyl groups is 1. The van der Waals surface area contributed by atoms with Gasteiger partial charge >= 0.3 is 0 Å². The van der Waals surface area contributed by atoms with Crippen LogP contribution in [-0.2, 0) is 9.84 Å². The number of H-pyrrole nitrogens is 1. The average Bonchev–Trinajstić information content (AvgIpc) is 3.11. The molecule has 0 unspecified atom stereocenters. The maximum atomic E-state index is 12.4. The summed E-state index contributed by atoms with van der Waals surface area (Å²) in [5.41, 5.74) is 4.10. The van der Waals surface area contributed by atoms with Crippen molar-refractivity contribution < 1.29 is 13.5 Å². The third-order valence-corrected chi connectivity index (χ3v) is 6.80. The molecule has 0 spiro atoms. The van der Waals surface area contributed by atoms with E-state index in [1.807, 2.05) is 13.0 Å². The number of sulfone groups is 1. The van der Waals surface area contributed by atoms with E-state index in [2.05, 4.69) is 26.3 Å². The van der Waals surface area contributed by atoms with E-state index < -0.39 is 15.9 Å². The van der Waals surface area contributed by atoms with Crippen LogP contribution in [0.3, 0.4) is 0 Å². The monoisotopic (exact) mass is 424 g/mol. The Morgan fingerprint density at radius 3 is 2.73 bits per heavy atom. The Balaban J connectivity index is 1.99. The van der Waals surface area contributed by atoms with Crippen LogP contribution in [0.5, 0.6) is 0 Å². The van der Waals surface area contributed by atoms with E-state index in [-0.39, 0.29) is 5.75 Å². The predicted octanol–water partition coefficient (Wildman–Crippen LogP) is 3.67. The quantitative estimate of drug-likeness (QED) is 0.436. The minimum absolute atomic E-state index is 0.0442. The molecule has 0 fully saturated rings. The number of hydrogen-bond acceptors (Lipinski definition) is 6. The van der Waals surface area contributed by atoms with E-state index >= 15 is 0 Å². The van der Waals surface area contributed by atoms with Gasteiger partial charge in [-0.05, 0) is 43.2 Å². The van der Waals surface area contributed by atoms with Gasteiger partial charge in [0.1, 0.15) is 5.65 Å². The van der Waals surface area contributed by atoms with Crippen molar-refractivity contribution in [1.82, 2.24) is 15.0 Å². The summed E-state index contributed by atoms with van der Waals surface area (Å²) in [6, 6.07) is 9.00. The van der Waals surface area contributed by atoms with Crippen molar-refractivity contribution in [1.29, 1.82) is 0 Å². The van der Waals surface area contributed by atoms with Gasteiger partial charge in [-0.3, -0.25) is 0 Å². The lowest BCUT2D eigenvalue weighted by Crippen LogP contribution is -2.16. The minimum atomic E-state index is -3.32. The number of aromatic amines is 1. The first-order valence-electron chi connectivity index (χ1n) is 9.82. The van der Waals surface area contributed by atoms with Gasteiger partial charge in [-0.25, -0.2) is 18.4 Å². The lowest BCUT2D eigenvalue weighted by Gasteiger charge is -2.12. The zero-order valence-electron chi connectivity index (χ0n) is 17.1. The van der Waals surface area contributed by atoms with Gasteiger partial charge < -0.3 is 15.4 Å². The summed E-state index contributed by atoms with van der Waals surface area (Å²) < 4.78 is 24.8. The highest BCUT2D eigenvalue weighted by Gasteiger charge is 2.18. The van der Waals surface area contributed by atoms with Crippen LogP contribution in [0, 0.1) is 6.92 Å². The number of aryl methyl sites for hydroxylation is 1. The van der Waals surface area contributed by atoms with Crippen molar-refractivity contribution in [3.05, 3.63) is 48.3 Å². The van der Waals surface area contributed by atoms with Crippen LogP contribution in [0.4, 0.5) is 5.82 Å². The first-order chi connectivity index (χ1) is 14.3. The summed E-state index contributed by atoms with van der Waals surface area (Å²) in [7, 11) is -3.32. The number of rotatable bonds is 6. The summed E-state index contributed by atoms with van der Waals surface area (Å²) in [5.74, 6) is 0.658. The average molecular weight is 425 g/mol. The van der Waals surface area contributed by atoms with Gasteiger partial charge in [-0.15, -0.1) is 0 Å². The predicted molar refractivity (Wildman–Crippen MR) is 119 cm³/mol. The number of hydrogen-bond donors (Lipinski definition) is 3. The summed E-state index contributed by atoms with van der Waals surface area (Å²) in [4.78, 5) is 12.7. The molecule has 3 N–H and O–H groups in total. The summed E-state index contributed by atoms with van der Waals surface area (Å²) >= 11 is 0. The smallest absolute Gasteiger partial charge is 0.178 e. The third kappa shape index (κ3) is 3.64. The van der Waals surface area contributed by atoms with E-state index in [0.29, 0.717) is 17.3 Å². The molecule has 4 rings (SSSR count). The molecule has 0 aliphatic carbocycles. The first-order valence-corrected chi connectivity index (χ1v) is 11.5. The van der Waals surface area contributed by atoms with Gasteiger partial charge in [0, 0.05) is 35.3 Å². The van der Waals surface area contributed by atoms with Crippen molar-refractivity contribution in [3.8, 4) is 11.1 Å². The zero-order chi connectivity index (χ0) is 21.5. The van der Waals surface area contributed by atoms with Crippen LogP contribution in [0.15, 0.2) is 47.6 Å². The van der Waals surface area contributed by atoms with Crippen molar-refractivity contribution in [3.63, 3.8) is 0 Å². The molecule has 0 saturated carbocycles. The van der Waals surface area contributed by atoms with Gasteiger partial charge in [0.25, 0.3) is 0 Å². The van der Waals surface area contributed by atoms with E-state index in [1.54, 1.807) is 44.4 Å². The van der Waals surface area contributed by atoms with Crippen LogP contribution in [-0.4, -0.2) is 46.9 Å². The molecule has 0 radical (unpaired) electrons. The van der Waals surface area contributed by atoms with Crippen LogP contribution < -0.4 is 5.32 Å². The Kier molecular flexibility index (Phi) is 5.21. The Morgan fingerprint density at radius 1 is 1.20 bits per heavy atom. The minimum Gasteiger partial charge on any atom is -0.392 e. The molecule has 0 aliphatic rings. The SMILES string of the molecule is CCS(=O)(=O)c1cccc(-c2cnc(NC[C@@H](C)O)c3[nH]c4ncc(C)cc4c23)c1. The van der Waals surface area contributed by atoms with Gasteiger partial charge in [0.2, 0.25) is 0 Å². The molecule has 0 aliphatic heterocycles. The third-order valence-electron chi connectivity index (χ3n) is 5.07. The first kappa shape index (κ1) is 20.3. The van der Waals surface area contributed by atoms with E-state index in [1.165, 1.54) is 0 Å². The highest BCUT2D eigenvalue weighted by Crippen LogP contribution is 2.37. The molecule has 3 aromatic heterocycles. The highest BCUT2D eigenvalue weighted by atomic mass is 32.2. The topological polar surface area (TPSA) is 108 Å². The Bertz CT molecular complexity index is 1340. The molecule has 4 aromatic rings.